The summed E-state index contributed by atoms with van der Waals surface area (Å²) in [6.07, 6.45) is 0. The number of nitrogens with zero attached hydrogens (tertiary/aromatic N) is 1. The zero-order valence-corrected chi connectivity index (χ0v) is 20.6. The van der Waals surface area contributed by atoms with E-state index >= 15 is 0 Å². The molecule has 36 heavy (non-hydrogen) atoms. The van der Waals surface area contributed by atoms with Gasteiger partial charge in [0.2, 0.25) is 0 Å². The van der Waals surface area contributed by atoms with Crippen LogP contribution in [0.15, 0.2) is 72.8 Å². The van der Waals surface area contributed by atoms with E-state index in [4.69, 9.17) is 9.47 Å². The van der Waals surface area contributed by atoms with Gasteiger partial charge in [-0.25, -0.2) is 9.69 Å². The Labute approximate surface area is 210 Å². The monoisotopic (exact) mass is 491 g/mol. The molecule has 4 rings (SSSR count). The van der Waals surface area contributed by atoms with E-state index in [0.717, 1.165) is 11.4 Å². The Morgan fingerprint density at radius 3 is 2.50 bits per heavy atom. The maximum atomic E-state index is 13.6. The first kappa shape index (κ1) is 25.0. The van der Waals surface area contributed by atoms with Gasteiger partial charge in [0, 0.05) is 17.2 Å². The van der Waals surface area contributed by atoms with Gasteiger partial charge in [0.1, 0.15) is 18.0 Å². The van der Waals surface area contributed by atoms with Gasteiger partial charge >= 0.3 is 6.03 Å². The van der Waals surface area contributed by atoms with E-state index in [9.17, 15) is 14.7 Å². The number of likely N-dealkylation sites (N-methyl/N-ethyl adjacent to an activating group) is 1. The number of quaternary nitrogens is 1. The Balaban J connectivity index is 1.62. The molecule has 0 fully saturated rings. The lowest BCUT2D eigenvalue weighted by molar-refractivity contribution is -0.892. The van der Waals surface area contributed by atoms with Crippen LogP contribution in [-0.2, 0) is 17.1 Å². The lowest BCUT2D eigenvalue weighted by Gasteiger charge is -2.43. The quantitative estimate of drug-likeness (QED) is 0.365. The average molecular weight is 492 g/mol. The minimum atomic E-state index is -2.31. The van der Waals surface area contributed by atoms with Crippen LogP contribution in [0.25, 0.3) is 0 Å². The number of urea groups is 1. The molecule has 0 saturated heterocycles. The van der Waals surface area contributed by atoms with E-state index in [1.165, 1.54) is 24.7 Å². The summed E-state index contributed by atoms with van der Waals surface area (Å²) in [5, 5.41) is 17.6. The molecule has 2 atom stereocenters. The molecule has 2 unspecified atom stereocenters. The standard InChI is InChI=1S/C27H30N4O5/c1-30(18-19-9-5-4-6-10-19)16-15-28-25(32)27(34)21-11-7-8-12-22(21)29-26(33)31(27)23-14-13-20(35-2)17-24(23)36-3/h4-14,17,34H,15-16,18H2,1-3H3,(H,28,32)(H,29,33)/p+1. The maximum Gasteiger partial charge on any atom is 0.329 e. The number of anilines is 2. The maximum absolute atomic E-state index is 13.6. The Morgan fingerprint density at radius 1 is 1.06 bits per heavy atom. The number of ether oxygens (including phenoxy) is 2. The fourth-order valence-corrected chi connectivity index (χ4v) is 4.36. The predicted octanol–water partition coefficient (Wildman–Crippen LogP) is 1.73. The first-order valence-electron chi connectivity index (χ1n) is 11.7. The number of aliphatic hydroxyl groups is 1. The van der Waals surface area contributed by atoms with E-state index in [0.29, 0.717) is 24.5 Å². The number of hydrogen-bond donors (Lipinski definition) is 4. The SMILES string of the molecule is COc1ccc(N2C(=O)Nc3ccccc3C2(O)C(=O)NCC[NH+](C)Cc2ccccc2)c(OC)c1. The number of nitrogens with one attached hydrogen (secondary N) is 3. The number of benzene rings is 3. The zero-order chi connectivity index (χ0) is 25.7. The van der Waals surface area contributed by atoms with Crippen LogP contribution in [-0.4, -0.2) is 51.4 Å². The molecular weight excluding hydrogens is 460 g/mol. The lowest BCUT2D eigenvalue weighted by atomic mass is 9.94. The first-order chi connectivity index (χ1) is 17.4. The smallest absolute Gasteiger partial charge is 0.329 e. The number of carbonyl (C=O) groups is 2. The largest absolute Gasteiger partial charge is 0.497 e. The van der Waals surface area contributed by atoms with Crippen molar-refractivity contribution in [2.45, 2.75) is 12.3 Å². The summed E-state index contributed by atoms with van der Waals surface area (Å²) in [5.41, 5.74) is -0.292. The van der Waals surface area contributed by atoms with Gasteiger partial charge in [-0.3, -0.25) is 4.79 Å². The van der Waals surface area contributed by atoms with Gasteiger partial charge in [0.05, 0.1) is 45.7 Å². The summed E-state index contributed by atoms with van der Waals surface area (Å²) < 4.78 is 10.7. The summed E-state index contributed by atoms with van der Waals surface area (Å²) in [7, 11) is 4.99. The highest BCUT2D eigenvalue weighted by Crippen LogP contribution is 2.43. The van der Waals surface area contributed by atoms with Gasteiger partial charge in [0.25, 0.3) is 11.6 Å². The number of carbonyl (C=O) groups excluding carboxylic acids is 2. The number of hydrogen-bond acceptors (Lipinski definition) is 5. The molecule has 188 valence electrons. The van der Waals surface area contributed by atoms with Crippen molar-refractivity contribution < 1.29 is 29.1 Å². The van der Waals surface area contributed by atoms with Crippen molar-refractivity contribution in [3.63, 3.8) is 0 Å². The molecule has 0 aromatic heterocycles. The predicted molar refractivity (Wildman–Crippen MR) is 136 cm³/mol. The molecule has 4 N–H and O–H groups in total. The number of amides is 3. The van der Waals surface area contributed by atoms with Crippen LogP contribution in [0, 0.1) is 0 Å². The molecule has 3 aromatic carbocycles. The van der Waals surface area contributed by atoms with Crippen molar-refractivity contribution in [1.29, 1.82) is 0 Å². The highest BCUT2D eigenvalue weighted by molar-refractivity contribution is 6.12. The van der Waals surface area contributed by atoms with Crippen LogP contribution in [0.4, 0.5) is 16.2 Å². The van der Waals surface area contributed by atoms with Crippen LogP contribution < -0.4 is 29.9 Å². The van der Waals surface area contributed by atoms with Crippen LogP contribution in [0.5, 0.6) is 11.5 Å². The molecule has 1 aliphatic heterocycles. The van der Waals surface area contributed by atoms with Crippen molar-refractivity contribution in [3.8, 4) is 11.5 Å². The average Bonchev–Trinajstić information content (AvgIpc) is 2.89. The highest BCUT2D eigenvalue weighted by atomic mass is 16.5. The van der Waals surface area contributed by atoms with Gasteiger partial charge < -0.3 is 30.1 Å². The number of rotatable bonds is 9. The molecule has 3 amide bonds. The summed E-state index contributed by atoms with van der Waals surface area (Å²) >= 11 is 0. The Morgan fingerprint density at radius 2 is 1.78 bits per heavy atom. The van der Waals surface area contributed by atoms with Gasteiger partial charge in [-0.05, 0) is 18.2 Å². The molecule has 0 aliphatic carbocycles. The third-order valence-corrected chi connectivity index (χ3v) is 6.20. The van der Waals surface area contributed by atoms with Gasteiger partial charge in [-0.2, -0.15) is 0 Å². The van der Waals surface area contributed by atoms with Crippen LogP contribution >= 0.6 is 0 Å². The normalized spacial score (nSPS) is 17.6. The van der Waals surface area contributed by atoms with Gasteiger partial charge in [-0.15, -0.1) is 0 Å². The second-order valence-electron chi connectivity index (χ2n) is 8.65. The molecule has 1 aliphatic rings. The van der Waals surface area contributed by atoms with Gasteiger partial charge in [0.15, 0.2) is 0 Å². The Hall–Kier alpha value is -4.08. The minimum Gasteiger partial charge on any atom is -0.497 e. The summed E-state index contributed by atoms with van der Waals surface area (Å²) in [4.78, 5) is 29.1. The van der Waals surface area contributed by atoms with E-state index in [-0.39, 0.29) is 17.0 Å². The molecule has 0 bridgehead atoms. The molecule has 0 radical (unpaired) electrons. The Kier molecular flexibility index (Phi) is 7.42. The zero-order valence-electron chi connectivity index (χ0n) is 20.6. The topological polar surface area (TPSA) is 105 Å². The first-order valence-corrected chi connectivity index (χ1v) is 11.7. The van der Waals surface area contributed by atoms with Crippen molar-refractivity contribution >= 4 is 23.3 Å². The third kappa shape index (κ3) is 4.84. The third-order valence-electron chi connectivity index (χ3n) is 6.20. The van der Waals surface area contributed by atoms with Crippen molar-refractivity contribution in [2.75, 3.05) is 44.6 Å². The van der Waals surface area contributed by atoms with E-state index in [2.05, 4.69) is 22.8 Å². The molecule has 0 spiro atoms. The number of fused-ring (bicyclic) bond motifs is 1. The highest BCUT2D eigenvalue weighted by Gasteiger charge is 2.52. The fourth-order valence-electron chi connectivity index (χ4n) is 4.36. The molecule has 3 aromatic rings. The van der Waals surface area contributed by atoms with E-state index in [1.54, 1.807) is 42.5 Å². The van der Waals surface area contributed by atoms with E-state index in [1.807, 2.05) is 25.2 Å². The molecule has 9 heteroatoms. The van der Waals surface area contributed by atoms with E-state index < -0.39 is 17.7 Å². The van der Waals surface area contributed by atoms with Crippen LogP contribution in [0.3, 0.4) is 0 Å². The molecule has 9 nitrogen and oxygen atoms in total. The molecular formula is C27H31N4O5+. The van der Waals surface area contributed by atoms with Crippen molar-refractivity contribution in [2.24, 2.45) is 0 Å². The van der Waals surface area contributed by atoms with Crippen molar-refractivity contribution in [1.82, 2.24) is 5.32 Å². The van der Waals surface area contributed by atoms with Crippen LogP contribution in [0.2, 0.25) is 0 Å². The second-order valence-corrected chi connectivity index (χ2v) is 8.65. The Bertz CT molecular complexity index is 1240. The number of methoxy groups -OCH3 is 2. The summed E-state index contributed by atoms with van der Waals surface area (Å²) in [6.45, 7) is 1.72. The van der Waals surface area contributed by atoms with Crippen LogP contribution in [0.1, 0.15) is 11.1 Å². The molecule has 0 saturated carbocycles. The molecule has 1 heterocycles. The van der Waals surface area contributed by atoms with Crippen molar-refractivity contribution in [3.05, 3.63) is 83.9 Å². The fraction of sp³-hybridized carbons (Fsp3) is 0.259. The summed E-state index contributed by atoms with van der Waals surface area (Å²) in [6, 6.07) is 20.9. The summed E-state index contributed by atoms with van der Waals surface area (Å²) in [5.74, 6) is 0.0585. The number of para-hydroxylation sites is 1. The minimum absolute atomic E-state index is 0.217. The lowest BCUT2D eigenvalue weighted by Crippen LogP contribution is -3.08. The second kappa shape index (κ2) is 10.7. The van der Waals surface area contributed by atoms with Gasteiger partial charge in [-0.1, -0.05) is 48.5 Å².